The number of esters is 1. The van der Waals surface area contributed by atoms with Crippen LogP contribution in [0.4, 0.5) is 4.79 Å². The van der Waals surface area contributed by atoms with Crippen LogP contribution in [0.1, 0.15) is 30.5 Å². The maximum Gasteiger partial charge on any atom is 0.326 e. The molecule has 0 unspecified atom stereocenters. The number of imide groups is 1. The van der Waals surface area contributed by atoms with E-state index in [-0.39, 0.29) is 17.6 Å². The average Bonchev–Trinajstić information content (AvgIpc) is 2.95. The maximum absolute atomic E-state index is 12.6. The molecule has 1 aliphatic heterocycles. The summed E-state index contributed by atoms with van der Waals surface area (Å²) >= 11 is 5.21. The highest BCUT2D eigenvalue weighted by atomic mass is 127. The molecule has 0 radical (unpaired) electrons. The number of thioether (sulfide) groups is 1. The molecule has 1 heterocycles. The molecule has 0 spiro atoms. The Hall–Kier alpha value is -1.60. The van der Waals surface area contributed by atoms with Gasteiger partial charge in [-0.1, -0.05) is 29.8 Å². The van der Waals surface area contributed by atoms with Gasteiger partial charge in [-0.25, -0.2) is 0 Å². The van der Waals surface area contributed by atoms with Crippen LogP contribution in [0.25, 0.3) is 6.08 Å². The summed E-state index contributed by atoms with van der Waals surface area (Å²) in [7, 11) is 0. The topological polar surface area (TPSA) is 72.9 Å². The number of carbonyl (C=O) groups excluding carboxylic acids is 3. The van der Waals surface area contributed by atoms with Crippen LogP contribution in [0.3, 0.4) is 0 Å². The van der Waals surface area contributed by atoms with Crippen molar-refractivity contribution < 1.29 is 23.9 Å². The summed E-state index contributed by atoms with van der Waals surface area (Å²) in [6.45, 7) is 5.53. The minimum atomic E-state index is -0.609. The van der Waals surface area contributed by atoms with Gasteiger partial charge in [0.05, 0.1) is 18.1 Å². The molecule has 6 nitrogen and oxygen atoms in total. The van der Waals surface area contributed by atoms with Gasteiger partial charge < -0.3 is 9.47 Å². The van der Waals surface area contributed by atoms with Crippen molar-refractivity contribution in [1.82, 2.24) is 4.90 Å². The van der Waals surface area contributed by atoms with E-state index in [1.807, 2.05) is 43.3 Å². The van der Waals surface area contributed by atoms with Crippen molar-refractivity contribution in [3.8, 4) is 5.75 Å². The third-order valence-corrected chi connectivity index (χ3v) is 6.86. The number of halogens is 2. The standard InChI is InChI=1S/C23H21I2NO5S/c1-13(2)31-20(27)11-26-22(28)19(32-23(26)29)10-16-8-17(24)21(18(25)9-16)30-12-15-6-4-14(3)5-7-15/h4-10,13H,11-12H2,1-3H3/b19-10-. The molecule has 0 aromatic heterocycles. The first-order valence-electron chi connectivity index (χ1n) is 9.76. The minimum absolute atomic E-state index is 0.271. The molecule has 3 rings (SSSR count). The van der Waals surface area contributed by atoms with Crippen molar-refractivity contribution >= 4 is 80.1 Å². The predicted molar refractivity (Wildman–Crippen MR) is 141 cm³/mol. The lowest BCUT2D eigenvalue weighted by Gasteiger charge is -2.13. The largest absolute Gasteiger partial charge is 0.487 e. The normalized spacial score (nSPS) is 15.1. The van der Waals surface area contributed by atoms with Crippen molar-refractivity contribution in [2.24, 2.45) is 0 Å². The summed E-state index contributed by atoms with van der Waals surface area (Å²) in [5.74, 6) is -0.332. The number of aryl methyl sites for hydroxylation is 1. The van der Waals surface area contributed by atoms with Crippen LogP contribution < -0.4 is 4.74 Å². The van der Waals surface area contributed by atoms with Gasteiger partial charge in [-0.2, -0.15) is 0 Å². The number of carbonyl (C=O) groups is 3. The molecule has 32 heavy (non-hydrogen) atoms. The highest BCUT2D eigenvalue weighted by Crippen LogP contribution is 2.35. The number of nitrogens with zero attached hydrogens (tertiary/aromatic N) is 1. The lowest BCUT2D eigenvalue weighted by atomic mass is 10.1. The second-order valence-electron chi connectivity index (χ2n) is 7.39. The lowest BCUT2D eigenvalue weighted by Crippen LogP contribution is -2.35. The van der Waals surface area contributed by atoms with Crippen LogP contribution in [0.5, 0.6) is 5.75 Å². The number of rotatable bonds is 7. The van der Waals surface area contributed by atoms with E-state index in [0.717, 1.165) is 40.7 Å². The van der Waals surface area contributed by atoms with Crippen molar-refractivity contribution in [1.29, 1.82) is 0 Å². The Morgan fingerprint density at radius 1 is 1.12 bits per heavy atom. The van der Waals surface area contributed by atoms with E-state index in [2.05, 4.69) is 45.2 Å². The van der Waals surface area contributed by atoms with Gasteiger partial charge in [0.1, 0.15) is 18.9 Å². The quantitative estimate of drug-likeness (QED) is 0.211. The summed E-state index contributed by atoms with van der Waals surface area (Å²) in [5, 5.41) is -0.482. The van der Waals surface area contributed by atoms with Crippen LogP contribution in [-0.2, 0) is 20.9 Å². The van der Waals surface area contributed by atoms with E-state index in [4.69, 9.17) is 9.47 Å². The molecule has 0 atom stereocenters. The number of amides is 2. The van der Waals surface area contributed by atoms with Crippen molar-refractivity contribution in [2.45, 2.75) is 33.5 Å². The molecule has 2 aromatic rings. The zero-order valence-corrected chi connectivity index (χ0v) is 22.8. The summed E-state index contributed by atoms with van der Waals surface area (Å²) in [5.41, 5.74) is 3.05. The van der Waals surface area contributed by atoms with Crippen molar-refractivity contribution in [2.75, 3.05) is 6.54 Å². The Morgan fingerprint density at radius 3 is 2.34 bits per heavy atom. The van der Waals surface area contributed by atoms with Gasteiger partial charge in [0, 0.05) is 0 Å². The van der Waals surface area contributed by atoms with E-state index in [1.165, 1.54) is 5.56 Å². The van der Waals surface area contributed by atoms with Gasteiger partial charge in [-0.3, -0.25) is 19.3 Å². The Balaban J connectivity index is 1.73. The van der Waals surface area contributed by atoms with Gasteiger partial charge in [-0.15, -0.1) is 0 Å². The van der Waals surface area contributed by atoms with Gasteiger partial charge in [-0.05, 0) is 107 Å². The van der Waals surface area contributed by atoms with Crippen LogP contribution >= 0.6 is 56.9 Å². The molecule has 1 saturated heterocycles. The highest BCUT2D eigenvalue weighted by Gasteiger charge is 2.36. The van der Waals surface area contributed by atoms with Crippen molar-refractivity contribution in [3.05, 3.63) is 65.1 Å². The maximum atomic E-state index is 12.6. The molecule has 9 heteroatoms. The van der Waals surface area contributed by atoms with Crippen molar-refractivity contribution in [3.63, 3.8) is 0 Å². The summed E-state index contributed by atoms with van der Waals surface area (Å²) in [6.07, 6.45) is 1.35. The van der Waals surface area contributed by atoms with Gasteiger partial charge >= 0.3 is 5.97 Å². The van der Waals surface area contributed by atoms with Crippen LogP contribution in [0.15, 0.2) is 41.3 Å². The first-order chi connectivity index (χ1) is 15.1. The monoisotopic (exact) mass is 677 g/mol. The smallest absolute Gasteiger partial charge is 0.326 e. The summed E-state index contributed by atoms with van der Waals surface area (Å²) in [6, 6.07) is 12.0. The number of ether oxygens (including phenoxy) is 2. The Kier molecular flexibility index (Phi) is 8.62. The Bertz CT molecular complexity index is 1060. The third-order valence-electron chi connectivity index (χ3n) is 4.35. The average molecular weight is 677 g/mol. The van der Waals surface area contributed by atoms with E-state index < -0.39 is 17.1 Å². The zero-order valence-electron chi connectivity index (χ0n) is 17.7. The highest BCUT2D eigenvalue weighted by molar-refractivity contribution is 14.1. The minimum Gasteiger partial charge on any atom is -0.487 e. The fourth-order valence-corrected chi connectivity index (χ4v) is 5.82. The number of benzene rings is 2. The van der Waals surface area contributed by atoms with Crippen LogP contribution in [-0.4, -0.2) is 34.7 Å². The molecule has 2 amide bonds. The molecule has 0 bridgehead atoms. The molecular weight excluding hydrogens is 656 g/mol. The van der Waals surface area contributed by atoms with E-state index in [9.17, 15) is 14.4 Å². The molecular formula is C23H21I2NO5S. The molecule has 0 N–H and O–H groups in total. The fraction of sp³-hybridized carbons (Fsp3) is 0.261. The Labute approximate surface area is 218 Å². The molecule has 0 aliphatic carbocycles. The van der Waals surface area contributed by atoms with Gasteiger partial charge in [0.15, 0.2) is 0 Å². The van der Waals surface area contributed by atoms with Gasteiger partial charge in [0.2, 0.25) is 0 Å². The summed E-state index contributed by atoms with van der Waals surface area (Å²) in [4.78, 5) is 37.9. The SMILES string of the molecule is Cc1ccc(COc2c(I)cc(/C=C3\SC(=O)N(CC(=O)OC(C)C)C3=O)cc2I)cc1. The number of hydrogen-bond donors (Lipinski definition) is 0. The predicted octanol–water partition coefficient (Wildman–Crippen LogP) is 5.77. The second-order valence-corrected chi connectivity index (χ2v) is 10.7. The van der Waals surface area contributed by atoms with Crippen LogP contribution in [0.2, 0.25) is 0 Å². The van der Waals surface area contributed by atoms with E-state index >= 15 is 0 Å². The third kappa shape index (κ3) is 6.47. The molecule has 0 saturated carbocycles. The first kappa shape index (κ1) is 25.0. The fourth-order valence-electron chi connectivity index (χ4n) is 2.86. The molecule has 168 valence electrons. The van der Waals surface area contributed by atoms with E-state index in [0.29, 0.717) is 6.61 Å². The molecule has 1 aliphatic rings. The number of hydrogen-bond acceptors (Lipinski definition) is 6. The zero-order chi connectivity index (χ0) is 23.4. The summed E-state index contributed by atoms with van der Waals surface area (Å²) < 4.78 is 12.9. The van der Waals surface area contributed by atoms with E-state index in [1.54, 1.807) is 19.9 Å². The van der Waals surface area contributed by atoms with Gasteiger partial charge in [0.25, 0.3) is 11.1 Å². The Morgan fingerprint density at radius 2 is 1.75 bits per heavy atom. The lowest BCUT2D eigenvalue weighted by molar-refractivity contribution is -0.149. The first-order valence-corrected chi connectivity index (χ1v) is 12.7. The molecule has 2 aromatic carbocycles. The second kappa shape index (κ2) is 11.0. The molecule has 1 fully saturated rings. The van der Waals surface area contributed by atoms with Crippen LogP contribution in [0, 0.1) is 14.1 Å².